The van der Waals surface area contributed by atoms with Crippen molar-refractivity contribution in [1.29, 1.82) is 0 Å². The van der Waals surface area contributed by atoms with Crippen molar-refractivity contribution in [3.8, 4) is 0 Å². The van der Waals surface area contributed by atoms with Crippen molar-refractivity contribution in [2.45, 2.75) is 9.79 Å². The number of nitrogens with one attached hydrogen (secondary N) is 3. The zero-order valence-corrected chi connectivity index (χ0v) is 14.2. The topological polar surface area (TPSA) is 77.2 Å². The van der Waals surface area contributed by atoms with Gasteiger partial charge in [0, 0.05) is 27.4 Å². The molecule has 0 radical (unpaired) electrons. The molecule has 3 aromatic rings. The van der Waals surface area contributed by atoms with Crippen LogP contribution in [0.3, 0.4) is 0 Å². The average molecular weight is 362 g/mol. The fraction of sp³-hybridized carbons (Fsp3) is 0.118. The van der Waals surface area contributed by atoms with Crippen LogP contribution in [0.25, 0.3) is 10.9 Å². The van der Waals surface area contributed by atoms with Gasteiger partial charge in [0.1, 0.15) is 5.69 Å². The smallest absolute Gasteiger partial charge is 0.282 e. The maximum absolute atomic E-state index is 12.5. The summed E-state index contributed by atoms with van der Waals surface area (Å²) >= 11 is 7.62. The molecule has 124 valence electrons. The number of hydrazine groups is 1. The van der Waals surface area contributed by atoms with Crippen molar-refractivity contribution in [2.24, 2.45) is 0 Å². The van der Waals surface area contributed by atoms with Gasteiger partial charge in [-0.25, -0.2) is 5.43 Å². The Balaban J connectivity index is 2.00. The van der Waals surface area contributed by atoms with Gasteiger partial charge in [-0.3, -0.25) is 10.2 Å². The van der Waals surface area contributed by atoms with Gasteiger partial charge in [-0.2, -0.15) is 0 Å². The number of carbonyl (C=O) groups excluding carboxylic acids is 1. The number of carbonyl (C=O) groups is 1. The minimum Gasteiger partial charge on any atom is -0.395 e. The van der Waals surface area contributed by atoms with E-state index in [0.29, 0.717) is 10.7 Å². The monoisotopic (exact) mass is 361 g/mol. The highest BCUT2D eigenvalue weighted by molar-refractivity contribution is 7.99. The Kier molecular flexibility index (Phi) is 5.42. The van der Waals surface area contributed by atoms with Crippen molar-refractivity contribution < 1.29 is 9.90 Å². The van der Waals surface area contributed by atoms with E-state index in [2.05, 4.69) is 15.8 Å². The van der Waals surface area contributed by atoms with E-state index in [1.165, 1.54) is 11.8 Å². The first kappa shape index (κ1) is 16.9. The van der Waals surface area contributed by atoms with Gasteiger partial charge in [0.2, 0.25) is 0 Å². The molecule has 0 saturated heterocycles. The summed E-state index contributed by atoms with van der Waals surface area (Å²) in [6.07, 6.45) is 0. The third kappa shape index (κ3) is 3.73. The number of hydrogen-bond acceptors (Lipinski definition) is 4. The zero-order valence-electron chi connectivity index (χ0n) is 12.7. The molecule has 3 rings (SSSR count). The lowest BCUT2D eigenvalue weighted by atomic mass is 10.2. The molecule has 0 atom stereocenters. The number of halogens is 1. The van der Waals surface area contributed by atoms with Gasteiger partial charge in [0.25, 0.3) is 5.91 Å². The molecule has 0 aliphatic carbocycles. The van der Waals surface area contributed by atoms with Crippen LogP contribution < -0.4 is 10.9 Å². The van der Waals surface area contributed by atoms with Crippen molar-refractivity contribution in [3.05, 3.63) is 59.2 Å². The molecule has 0 aliphatic rings. The molecular formula is C17H16ClN3O2S. The first-order valence-electron chi connectivity index (χ1n) is 7.37. The van der Waals surface area contributed by atoms with Gasteiger partial charge in [0.15, 0.2) is 0 Å². The largest absolute Gasteiger partial charge is 0.395 e. The van der Waals surface area contributed by atoms with Crippen LogP contribution in [-0.2, 0) is 0 Å². The Labute approximate surface area is 148 Å². The van der Waals surface area contributed by atoms with Crippen LogP contribution >= 0.6 is 23.4 Å². The van der Waals surface area contributed by atoms with Crippen molar-refractivity contribution in [3.63, 3.8) is 0 Å². The standard InChI is InChI=1S/C17H16ClN3O2S/c18-11-6-7-14-13(10-11)16(24-12-4-2-1-3-5-12)15(20-14)17(23)21-19-8-9-22/h1-7,10,19-20,22H,8-9H2,(H,21,23). The van der Waals surface area contributed by atoms with Crippen molar-refractivity contribution in [1.82, 2.24) is 15.8 Å². The van der Waals surface area contributed by atoms with Crippen molar-refractivity contribution in [2.75, 3.05) is 13.2 Å². The summed E-state index contributed by atoms with van der Waals surface area (Å²) in [5.74, 6) is -0.297. The Morgan fingerprint density at radius 1 is 1.21 bits per heavy atom. The molecule has 0 spiro atoms. The van der Waals surface area contributed by atoms with Gasteiger partial charge in [-0.1, -0.05) is 41.6 Å². The Morgan fingerprint density at radius 3 is 2.75 bits per heavy atom. The molecule has 1 heterocycles. The third-order valence-electron chi connectivity index (χ3n) is 3.34. The molecule has 0 bridgehead atoms. The number of aliphatic hydroxyl groups excluding tert-OH is 1. The number of aliphatic hydroxyl groups is 1. The molecule has 1 aromatic heterocycles. The van der Waals surface area contributed by atoms with E-state index in [-0.39, 0.29) is 19.1 Å². The molecule has 0 unspecified atom stereocenters. The highest BCUT2D eigenvalue weighted by Crippen LogP contribution is 2.37. The van der Waals surface area contributed by atoms with Gasteiger partial charge in [-0.15, -0.1) is 0 Å². The summed E-state index contributed by atoms with van der Waals surface area (Å²) in [6, 6.07) is 15.3. The molecule has 4 N–H and O–H groups in total. The quantitative estimate of drug-likeness (QED) is 0.401. The lowest BCUT2D eigenvalue weighted by Crippen LogP contribution is -2.39. The van der Waals surface area contributed by atoms with E-state index in [4.69, 9.17) is 16.7 Å². The normalized spacial score (nSPS) is 10.9. The third-order valence-corrected chi connectivity index (χ3v) is 4.71. The van der Waals surface area contributed by atoms with E-state index >= 15 is 0 Å². The van der Waals surface area contributed by atoms with Crippen LogP contribution in [0.15, 0.2) is 58.3 Å². The number of fused-ring (bicyclic) bond motifs is 1. The molecule has 2 aromatic carbocycles. The SMILES string of the molecule is O=C(NNCCO)c1[nH]c2ccc(Cl)cc2c1Sc1ccccc1. The molecular weight excluding hydrogens is 346 g/mol. The fourth-order valence-electron chi connectivity index (χ4n) is 2.27. The summed E-state index contributed by atoms with van der Waals surface area (Å²) in [7, 11) is 0. The first-order valence-corrected chi connectivity index (χ1v) is 8.56. The Hall–Kier alpha value is -1.99. The molecule has 1 amide bonds. The second kappa shape index (κ2) is 7.72. The van der Waals surface area contributed by atoms with Crippen molar-refractivity contribution >= 4 is 40.2 Å². The van der Waals surface area contributed by atoms with E-state index in [9.17, 15) is 4.79 Å². The molecule has 5 nitrogen and oxygen atoms in total. The fourth-order valence-corrected chi connectivity index (χ4v) is 3.50. The van der Waals surface area contributed by atoms with Crippen LogP contribution in [0.4, 0.5) is 0 Å². The van der Waals surface area contributed by atoms with E-state index in [1.807, 2.05) is 42.5 Å². The number of aromatic nitrogens is 1. The molecule has 0 fully saturated rings. The summed E-state index contributed by atoms with van der Waals surface area (Å²) in [5.41, 5.74) is 6.54. The predicted molar refractivity (Wildman–Crippen MR) is 96.4 cm³/mol. The Morgan fingerprint density at radius 2 is 2.00 bits per heavy atom. The van der Waals surface area contributed by atoms with Gasteiger partial charge in [-0.05, 0) is 30.3 Å². The molecule has 0 aliphatic heterocycles. The molecule has 7 heteroatoms. The minimum absolute atomic E-state index is 0.0613. The maximum Gasteiger partial charge on any atom is 0.282 e. The Bertz CT molecular complexity index is 852. The van der Waals surface area contributed by atoms with Crippen LogP contribution in [0.2, 0.25) is 5.02 Å². The highest BCUT2D eigenvalue weighted by Gasteiger charge is 2.19. The lowest BCUT2D eigenvalue weighted by molar-refractivity contribution is 0.0923. The number of hydrogen-bond donors (Lipinski definition) is 4. The number of H-pyrrole nitrogens is 1. The molecule has 24 heavy (non-hydrogen) atoms. The summed E-state index contributed by atoms with van der Waals surface area (Å²) < 4.78 is 0. The van der Waals surface area contributed by atoms with Gasteiger partial charge < -0.3 is 10.1 Å². The number of rotatable bonds is 6. The second-order valence-corrected chi connectivity index (χ2v) is 6.56. The number of aromatic amines is 1. The minimum atomic E-state index is -0.297. The average Bonchev–Trinajstić information content (AvgIpc) is 2.94. The highest BCUT2D eigenvalue weighted by atomic mass is 35.5. The molecule has 0 saturated carbocycles. The summed E-state index contributed by atoms with van der Waals surface area (Å²) in [6.45, 7) is 0.215. The predicted octanol–water partition coefficient (Wildman–Crippen LogP) is 3.20. The maximum atomic E-state index is 12.5. The van der Waals surface area contributed by atoms with E-state index in [1.54, 1.807) is 6.07 Å². The lowest BCUT2D eigenvalue weighted by Gasteiger charge is -2.07. The summed E-state index contributed by atoms with van der Waals surface area (Å²) in [5, 5.41) is 10.3. The van der Waals surface area contributed by atoms with E-state index < -0.39 is 0 Å². The second-order valence-electron chi connectivity index (χ2n) is 5.04. The summed E-state index contributed by atoms with van der Waals surface area (Å²) in [4.78, 5) is 17.4. The van der Waals surface area contributed by atoms with E-state index in [0.717, 1.165) is 20.7 Å². The first-order chi connectivity index (χ1) is 11.7. The van der Waals surface area contributed by atoms with Crippen LogP contribution in [-0.4, -0.2) is 29.1 Å². The van der Waals surface area contributed by atoms with Crippen LogP contribution in [0.5, 0.6) is 0 Å². The number of amides is 1. The van der Waals surface area contributed by atoms with Gasteiger partial charge in [0.05, 0.1) is 11.5 Å². The van der Waals surface area contributed by atoms with Crippen LogP contribution in [0.1, 0.15) is 10.5 Å². The van der Waals surface area contributed by atoms with Crippen LogP contribution in [0, 0.1) is 0 Å². The number of benzene rings is 2. The zero-order chi connectivity index (χ0) is 16.9. The van der Waals surface area contributed by atoms with Gasteiger partial charge >= 0.3 is 0 Å².